The highest BCUT2D eigenvalue weighted by Gasteiger charge is 2.38. The van der Waals surface area contributed by atoms with Gasteiger partial charge in [-0.15, -0.1) is 0 Å². The monoisotopic (exact) mass is 437 g/mol. The Bertz CT molecular complexity index is 650. The van der Waals surface area contributed by atoms with Crippen LogP contribution in [0.15, 0.2) is 4.99 Å². The van der Waals surface area contributed by atoms with Crippen LogP contribution in [0.5, 0.6) is 0 Å². The Hall–Kier alpha value is -2.16. The summed E-state index contributed by atoms with van der Waals surface area (Å²) in [6.45, 7) is 2.76. The van der Waals surface area contributed by atoms with Gasteiger partial charge in [0.15, 0.2) is 5.96 Å². The Morgan fingerprint density at radius 1 is 1.23 bits per heavy atom. The third-order valence-electron chi connectivity index (χ3n) is 6.45. The summed E-state index contributed by atoms with van der Waals surface area (Å²) < 4.78 is 8.03. The van der Waals surface area contributed by atoms with Crippen LogP contribution in [-0.2, 0) is 14.4 Å². The van der Waals surface area contributed by atoms with Crippen LogP contribution in [-0.4, -0.2) is 78.1 Å². The lowest BCUT2D eigenvalue weighted by molar-refractivity contribution is -0.143. The molecule has 9 heteroatoms. The minimum Gasteiger partial charge on any atom is -0.370 e. The van der Waals surface area contributed by atoms with Crippen molar-refractivity contribution in [2.75, 3.05) is 20.1 Å². The van der Waals surface area contributed by atoms with E-state index in [1.165, 1.54) is 12.8 Å². The van der Waals surface area contributed by atoms with E-state index in [1.807, 2.05) is 11.8 Å². The standard InChI is InChI=1S/C22H40N6O3/c1-16(27(2)18-10-5-3-4-6-11-18)21(31)28-14-8-12-19(28)20(30)26-17(15-29)9-7-13-25-22(23)24/h15-19H,3-14H2,1-2H3,(H,26,30)(H4,23,24,25)/t16-,17-,19-/m0/s1/i2D. The first-order valence-corrected chi connectivity index (χ1v) is 11.6. The molecule has 2 rings (SSSR count). The van der Waals surface area contributed by atoms with Crippen LogP contribution >= 0.6 is 0 Å². The van der Waals surface area contributed by atoms with Crippen LogP contribution in [0.1, 0.15) is 72.5 Å². The van der Waals surface area contributed by atoms with Gasteiger partial charge in [0.05, 0.1) is 12.1 Å². The molecule has 1 aliphatic carbocycles. The second-order valence-corrected chi connectivity index (χ2v) is 8.73. The van der Waals surface area contributed by atoms with Crippen molar-refractivity contribution in [1.82, 2.24) is 15.1 Å². The number of nitrogens with one attached hydrogen (secondary N) is 1. The van der Waals surface area contributed by atoms with Crippen molar-refractivity contribution >= 4 is 24.1 Å². The first-order valence-electron chi connectivity index (χ1n) is 12.3. The maximum atomic E-state index is 13.3. The van der Waals surface area contributed by atoms with E-state index in [0.717, 1.165) is 32.1 Å². The molecule has 31 heavy (non-hydrogen) atoms. The number of guanidine groups is 1. The topological polar surface area (TPSA) is 134 Å². The molecule has 0 radical (unpaired) electrons. The van der Waals surface area contributed by atoms with Crippen molar-refractivity contribution in [2.45, 2.75) is 95.3 Å². The number of aliphatic imine (C=N–C) groups is 1. The molecule has 1 aliphatic heterocycles. The predicted molar refractivity (Wildman–Crippen MR) is 121 cm³/mol. The largest absolute Gasteiger partial charge is 0.370 e. The number of nitrogens with zero attached hydrogens (tertiary/aromatic N) is 3. The summed E-state index contributed by atoms with van der Waals surface area (Å²) in [6.07, 6.45) is 9.74. The maximum absolute atomic E-state index is 13.3. The van der Waals surface area contributed by atoms with Gasteiger partial charge in [0.1, 0.15) is 12.3 Å². The fraction of sp³-hybridized carbons (Fsp3) is 0.818. The number of carbonyl (C=O) groups excluding carboxylic acids is 3. The van der Waals surface area contributed by atoms with Crippen molar-refractivity contribution < 1.29 is 15.8 Å². The highest BCUT2D eigenvalue weighted by molar-refractivity contribution is 5.91. The van der Waals surface area contributed by atoms with E-state index in [1.54, 1.807) is 4.90 Å². The number of aldehydes is 1. The summed E-state index contributed by atoms with van der Waals surface area (Å²) in [5.74, 6) is -0.403. The van der Waals surface area contributed by atoms with Gasteiger partial charge in [0.25, 0.3) is 0 Å². The summed E-state index contributed by atoms with van der Waals surface area (Å²) in [4.78, 5) is 45.2. The van der Waals surface area contributed by atoms with Gasteiger partial charge in [-0.25, -0.2) is 0 Å². The highest BCUT2D eigenvalue weighted by Crippen LogP contribution is 2.25. The molecule has 0 aromatic heterocycles. The number of carbonyl (C=O) groups is 3. The maximum Gasteiger partial charge on any atom is 0.243 e. The predicted octanol–water partition coefficient (Wildman–Crippen LogP) is 0.758. The van der Waals surface area contributed by atoms with Gasteiger partial charge in [0.2, 0.25) is 11.8 Å². The minimum atomic E-state index is -0.637. The lowest BCUT2D eigenvalue weighted by Gasteiger charge is -2.35. The number of hydrogen-bond acceptors (Lipinski definition) is 5. The molecule has 9 nitrogen and oxygen atoms in total. The van der Waals surface area contributed by atoms with Crippen LogP contribution in [0, 0.1) is 0 Å². The summed E-state index contributed by atoms with van der Waals surface area (Å²) >= 11 is 0. The van der Waals surface area contributed by atoms with Gasteiger partial charge in [-0.3, -0.25) is 19.5 Å². The molecular weight excluding hydrogens is 396 g/mol. The third-order valence-corrected chi connectivity index (χ3v) is 6.45. The van der Waals surface area contributed by atoms with Gasteiger partial charge in [-0.1, -0.05) is 25.7 Å². The van der Waals surface area contributed by atoms with Crippen molar-refractivity contribution in [2.24, 2.45) is 16.5 Å². The molecule has 0 unspecified atom stereocenters. The molecule has 2 fully saturated rings. The summed E-state index contributed by atoms with van der Waals surface area (Å²) in [5.41, 5.74) is 10.6. The van der Waals surface area contributed by atoms with Crippen molar-refractivity contribution in [1.29, 1.82) is 0 Å². The summed E-state index contributed by atoms with van der Waals surface area (Å²) in [7, 11) is 0.0747. The molecule has 5 N–H and O–H groups in total. The molecule has 0 bridgehead atoms. The number of nitrogens with two attached hydrogens (primary N) is 2. The summed E-state index contributed by atoms with van der Waals surface area (Å²) in [5, 5.41) is 2.77. The third kappa shape index (κ3) is 7.48. The minimum absolute atomic E-state index is 0.00325. The number of rotatable bonds is 10. The number of amides is 2. The molecule has 2 amide bonds. The first kappa shape index (κ1) is 23.5. The average molecular weight is 438 g/mol. The normalized spacial score (nSPS) is 22.3. The second kappa shape index (κ2) is 12.6. The van der Waals surface area contributed by atoms with Crippen LogP contribution in [0.2, 0.25) is 0 Å². The van der Waals surface area contributed by atoms with E-state index in [-0.39, 0.29) is 30.8 Å². The summed E-state index contributed by atoms with van der Waals surface area (Å²) in [6, 6.07) is -1.41. The SMILES string of the molecule is [2H]CN(C1CCCCCC1)[C@@H](C)C(=O)N1CCC[C@H]1C(=O)N[C@H](C=O)CCCN=C(N)N. The molecule has 176 valence electrons. The van der Waals surface area contributed by atoms with Crippen LogP contribution in [0.25, 0.3) is 0 Å². The van der Waals surface area contributed by atoms with Crippen LogP contribution in [0.3, 0.4) is 0 Å². The number of likely N-dealkylation sites (tertiary alicyclic amines) is 1. The van der Waals surface area contributed by atoms with E-state index < -0.39 is 18.1 Å². The van der Waals surface area contributed by atoms with Gasteiger partial charge in [0, 0.05) is 20.5 Å². The van der Waals surface area contributed by atoms with E-state index in [9.17, 15) is 14.4 Å². The van der Waals surface area contributed by atoms with Crippen molar-refractivity contribution in [3.05, 3.63) is 0 Å². The Balaban J connectivity index is 1.96. The van der Waals surface area contributed by atoms with Crippen LogP contribution in [0.4, 0.5) is 0 Å². The molecule has 1 saturated heterocycles. The quantitative estimate of drug-likeness (QED) is 0.152. The van der Waals surface area contributed by atoms with Crippen LogP contribution < -0.4 is 16.8 Å². The lowest BCUT2D eigenvalue weighted by atomic mass is 10.0. The fourth-order valence-corrected chi connectivity index (χ4v) is 4.56. The molecule has 1 heterocycles. The molecule has 1 saturated carbocycles. The number of hydrogen-bond donors (Lipinski definition) is 3. The smallest absolute Gasteiger partial charge is 0.243 e. The Kier molecular flexibility index (Phi) is 9.58. The molecule has 0 aromatic carbocycles. The zero-order chi connectivity index (χ0) is 23.5. The molecular formula is C22H40N6O3. The van der Waals surface area contributed by atoms with E-state index in [2.05, 4.69) is 10.3 Å². The van der Waals surface area contributed by atoms with Gasteiger partial charge < -0.3 is 26.5 Å². The molecule has 0 aromatic rings. The second-order valence-electron chi connectivity index (χ2n) is 8.73. The van der Waals surface area contributed by atoms with Gasteiger partial charge >= 0.3 is 0 Å². The van der Waals surface area contributed by atoms with Gasteiger partial charge in [-0.2, -0.15) is 0 Å². The first-order chi connectivity index (χ1) is 15.4. The molecule has 3 atom stereocenters. The van der Waals surface area contributed by atoms with E-state index in [0.29, 0.717) is 38.6 Å². The lowest BCUT2D eigenvalue weighted by Crippen LogP contribution is -2.54. The van der Waals surface area contributed by atoms with Crippen molar-refractivity contribution in [3.63, 3.8) is 0 Å². The Labute approximate surface area is 187 Å². The van der Waals surface area contributed by atoms with E-state index in [4.69, 9.17) is 12.8 Å². The number of likely N-dealkylation sites (N-methyl/N-ethyl adjacent to an activating group) is 1. The zero-order valence-corrected chi connectivity index (χ0v) is 18.8. The average Bonchev–Trinajstić information content (AvgIpc) is 3.12. The van der Waals surface area contributed by atoms with Gasteiger partial charge in [-0.05, 0) is 52.5 Å². The zero-order valence-electron chi connectivity index (χ0n) is 19.8. The Morgan fingerprint density at radius 3 is 2.55 bits per heavy atom. The highest BCUT2D eigenvalue weighted by atomic mass is 16.2. The van der Waals surface area contributed by atoms with E-state index >= 15 is 0 Å². The molecule has 0 spiro atoms. The molecule has 2 aliphatic rings. The van der Waals surface area contributed by atoms with Crippen molar-refractivity contribution in [3.8, 4) is 0 Å². The Morgan fingerprint density at radius 2 is 1.94 bits per heavy atom. The fourth-order valence-electron chi connectivity index (χ4n) is 4.56.